The van der Waals surface area contributed by atoms with Gasteiger partial charge in [-0.2, -0.15) is 4.31 Å². The van der Waals surface area contributed by atoms with Crippen LogP contribution in [0.1, 0.15) is 12.8 Å². The zero-order chi connectivity index (χ0) is 19.6. The molecule has 2 aliphatic rings. The summed E-state index contributed by atoms with van der Waals surface area (Å²) in [6, 6.07) is 4.55. The summed E-state index contributed by atoms with van der Waals surface area (Å²) in [4.78, 5) is 25.2. The van der Waals surface area contributed by atoms with E-state index in [1.54, 1.807) is 18.5 Å². The Hall–Kier alpha value is -2.30. The van der Waals surface area contributed by atoms with Crippen molar-refractivity contribution in [3.05, 3.63) is 47.1 Å². The molecule has 28 heavy (non-hydrogen) atoms. The molecule has 2 aromatic rings. The van der Waals surface area contributed by atoms with Gasteiger partial charge in [-0.3, -0.25) is 9.69 Å². The fourth-order valence-corrected chi connectivity index (χ4v) is 5.15. The van der Waals surface area contributed by atoms with Gasteiger partial charge in [-0.05, 0) is 25.0 Å². The fourth-order valence-electron chi connectivity index (χ4n) is 3.61. The molecular weight excluding hydrogens is 380 g/mol. The Morgan fingerprint density at radius 1 is 0.929 bits per heavy atom. The predicted octanol–water partition coefficient (Wildman–Crippen LogP) is 0.203. The maximum atomic E-state index is 12.8. The summed E-state index contributed by atoms with van der Waals surface area (Å²) in [5.41, 5.74) is -0.200. The lowest BCUT2D eigenvalue weighted by molar-refractivity contribution is 0.201. The van der Waals surface area contributed by atoms with Crippen molar-refractivity contribution in [2.75, 3.05) is 44.2 Å². The monoisotopic (exact) mass is 404 g/mol. The van der Waals surface area contributed by atoms with Gasteiger partial charge in [0, 0.05) is 63.9 Å². The molecular formula is C18H24N6O3S. The number of rotatable bonds is 5. The molecule has 0 bridgehead atoms. The number of hydrogen-bond donors (Lipinski definition) is 0. The van der Waals surface area contributed by atoms with Gasteiger partial charge in [0.15, 0.2) is 0 Å². The van der Waals surface area contributed by atoms with Gasteiger partial charge in [0.05, 0.1) is 11.6 Å². The van der Waals surface area contributed by atoms with E-state index in [-0.39, 0.29) is 10.5 Å². The van der Waals surface area contributed by atoms with Crippen molar-refractivity contribution in [2.24, 2.45) is 0 Å². The third-order valence-electron chi connectivity index (χ3n) is 5.22. The number of anilines is 1. The van der Waals surface area contributed by atoms with E-state index < -0.39 is 10.0 Å². The molecule has 2 saturated heterocycles. The van der Waals surface area contributed by atoms with Crippen molar-refractivity contribution in [3.8, 4) is 0 Å². The third kappa shape index (κ3) is 3.94. The van der Waals surface area contributed by atoms with E-state index in [0.717, 1.165) is 39.0 Å². The SMILES string of the molecule is O=c1ccc(S(=O)(=O)N2CCCC2)cn1CN1CCN(c2ncccn2)CC1. The largest absolute Gasteiger partial charge is 0.338 e. The third-order valence-corrected chi connectivity index (χ3v) is 7.10. The maximum Gasteiger partial charge on any atom is 0.251 e. The van der Waals surface area contributed by atoms with E-state index in [4.69, 9.17) is 0 Å². The molecule has 0 unspecified atom stereocenters. The van der Waals surface area contributed by atoms with E-state index in [2.05, 4.69) is 19.8 Å². The number of pyridine rings is 1. The van der Waals surface area contributed by atoms with Gasteiger partial charge >= 0.3 is 0 Å². The Morgan fingerprint density at radius 2 is 1.61 bits per heavy atom. The van der Waals surface area contributed by atoms with Crippen molar-refractivity contribution < 1.29 is 8.42 Å². The second kappa shape index (κ2) is 7.98. The molecule has 0 radical (unpaired) electrons. The average molecular weight is 404 g/mol. The minimum absolute atomic E-state index is 0.185. The van der Waals surface area contributed by atoms with Gasteiger partial charge in [0.25, 0.3) is 5.56 Å². The number of hydrogen-bond acceptors (Lipinski definition) is 7. The highest BCUT2D eigenvalue weighted by Crippen LogP contribution is 2.20. The quantitative estimate of drug-likeness (QED) is 0.703. The number of nitrogens with zero attached hydrogens (tertiary/aromatic N) is 6. The molecule has 0 spiro atoms. The first-order valence-electron chi connectivity index (χ1n) is 9.49. The Bertz CT molecular complexity index is 964. The van der Waals surface area contributed by atoms with Crippen molar-refractivity contribution in [1.29, 1.82) is 0 Å². The minimum atomic E-state index is -3.53. The van der Waals surface area contributed by atoms with Crippen LogP contribution < -0.4 is 10.5 Å². The second-order valence-corrected chi connectivity index (χ2v) is 9.02. The summed E-state index contributed by atoms with van der Waals surface area (Å²) in [5, 5.41) is 0. The average Bonchev–Trinajstić information content (AvgIpc) is 3.27. The summed E-state index contributed by atoms with van der Waals surface area (Å²) in [7, 11) is -3.53. The first-order chi connectivity index (χ1) is 13.5. The molecule has 4 heterocycles. The highest BCUT2D eigenvalue weighted by atomic mass is 32.2. The molecule has 0 aromatic carbocycles. The number of aromatic nitrogens is 3. The molecule has 0 amide bonds. The summed E-state index contributed by atoms with van der Waals surface area (Å²) >= 11 is 0. The fraction of sp³-hybridized carbons (Fsp3) is 0.500. The van der Waals surface area contributed by atoms with E-state index in [1.165, 1.54) is 27.2 Å². The molecule has 2 aromatic heterocycles. The van der Waals surface area contributed by atoms with Crippen molar-refractivity contribution in [2.45, 2.75) is 24.4 Å². The van der Waals surface area contributed by atoms with Crippen LogP contribution in [0, 0.1) is 0 Å². The molecule has 9 nitrogen and oxygen atoms in total. The van der Waals surface area contributed by atoms with Crippen LogP contribution in [-0.2, 0) is 16.7 Å². The van der Waals surface area contributed by atoms with E-state index in [1.807, 2.05) is 0 Å². The summed E-state index contributed by atoms with van der Waals surface area (Å²) in [6.07, 6.45) is 6.69. The smallest absolute Gasteiger partial charge is 0.251 e. The van der Waals surface area contributed by atoms with Gasteiger partial charge < -0.3 is 9.47 Å². The minimum Gasteiger partial charge on any atom is -0.338 e. The zero-order valence-corrected chi connectivity index (χ0v) is 16.5. The van der Waals surface area contributed by atoms with Gasteiger partial charge in [0.2, 0.25) is 16.0 Å². The second-order valence-electron chi connectivity index (χ2n) is 7.08. The van der Waals surface area contributed by atoms with Crippen LogP contribution in [0.4, 0.5) is 5.95 Å². The number of piperazine rings is 1. The van der Waals surface area contributed by atoms with E-state index in [9.17, 15) is 13.2 Å². The van der Waals surface area contributed by atoms with Gasteiger partial charge in [-0.25, -0.2) is 18.4 Å². The molecule has 10 heteroatoms. The van der Waals surface area contributed by atoms with Crippen LogP contribution in [0.2, 0.25) is 0 Å². The van der Waals surface area contributed by atoms with Crippen LogP contribution in [0.5, 0.6) is 0 Å². The van der Waals surface area contributed by atoms with Gasteiger partial charge in [0.1, 0.15) is 0 Å². The number of sulfonamides is 1. The first kappa shape index (κ1) is 19.0. The maximum absolute atomic E-state index is 12.8. The van der Waals surface area contributed by atoms with Gasteiger partial charge in [-0.1, -0.05) is 0 Å². The molecule has 4 rings (SSSR count). The molecule has 2 fully saturated rings. The Morgan fingerprint density at radius 3 is 2.29 bits per heavy atom. The predicted molar refractivity (Wildman–Crippen MR) is 105 cm³/mol. The Balaban J connectivity index is 1.45. The molecule has 150 valence electrons. The first-order valence-corrected chi connectivity index (χ1v) is 10.9. The van der Waals surface area contributed by atoms with Gasteiger partial charge in [-0.15, -0.1) is 0 Å². The van der Waals surface area contributed by atoms with Crippen LogP contribution in [0.15, 0.2) is 46.5 Å². The molecule has 0 N–H and O–H groups in total. The lowest BCUT2D eigenvalue weighted by Crippen LogP contribution is -2.48. The van der Waals surface area contributed by atoms with Crippen LogP contribution >= 0.6 is 0 Å². The van der Waals surface area contributed by atoms with E-state index in [0.29, 0.717) is 25.7 Å². The molecule has 0 atom stereocenters. The summed E-state index contributed by atoms with van der Waals surface area (Å²) < 4.78 is 28.5. The van der Waals surface area contributed by atoms with Crippen molar-refractivity contribution in [3.63, 3.8) is 0 Å². The lowest BCUT2D eigenvalue weighted by atomic mass is 10.3. The summed E-state index contributed by atoms with van der Waals surface area (Å²) in [6.45, 7) is 4.46. The van der Waals surface area contributed by atoms with Crippen molar-refractivity contribution in [1.82, 2.24) is 23.7 Å². The standard InChI is InChI=1S/C18H24N6O3S/c25-17-5-4-16(28(26,27)24-8-1-2-9-24)14-23(17)15-21-10-12-22(13-11-21)18-19-6-3-7-20-18/h3-7,14H,1-2,8-13,15H2. The Kier molecular flexibility index (Phi) is 5.42. The zero-order valence-electron chi connectivity index (χ0n) is 15.6. The lowest BCUT2D eigenvalue weighted by Gasteiger charge is -2.34. The van der Waals surface area contributed by atoms with Crippen LogP contribution in [-0.4, -0.2) is 71.4 Å². The Labute approximate surface area is 164 Å². The molecule has 0 saturated carbocycles. The molecule has 2 aliphatic heterocycles. The summed E-state index contributed by atoms with van der Waals surface area (Å²) in [5.74, 6) is 0.707. The highest BCUT2D eigenvalue weighted by Gasteiger charge is 2.28. The van der Waals surface area contributed by atoms with Crippen molar-refractivity contribution >= 4 is 16.0 Å². The topological polar surface area (TPSA) is 91.6 Å². The van der Waals surface area contributed by atoms with Crippen LogP contribution in [0.25, 0.3) is 0 Å². The molecule has 0 aliphatic carbocycles. The normalized spacial score (nSPS) is 19.2. The van der Waals surface area contributed by atoms with E-state index >= 15 is 0 Å². The highest BCUT2D eigenvalue weighted by molar-refractivity contribution is 7.89. The van der Waals surface area contributed by atoms with Crippen LogP contribution in [0.3, 0.4) is 0 Å².